The third-order valence-electron chi connectivity index (χ3n) is 5.87. The molecule has 0 bridgehead atoms. The third kappa shape index (κ3) is 6.08. The van der Waals surface area contributed by atoms with E-state index in [9.17, 15) is 0 Å². The van der Waals surface area contributed by atoms with Gasteiger partial charge < -0.3 is 15.1 Å². The summed E-state index contributed by atoms with van der Waals surface area (Å²) in [6, 6.07) is 15.9. The molecule has 3 rings (SSSR count). The van der Waals surface area contributed by atoms with Crippen LogP contribution < -0.4 is 5.32 Å². The quantitative estimate of drug-likeness (QED) is 0.703. The fraction of sp³-hybridized carbons (Fsp3) is 0.520. The third-order valence-corrected chi connectivity index (χ3v) is 5.87. The largest absolute Gasteiger partial charge is 0.385 e. The maximum Gasteiger partial charge on any atom is 0.0376 e. The van der Waals surface area contributed by atoms with Crippen molar-refractivity contribution < 1.29 is 0 Å². The molecular weight excluding hydrogens is 342 g/mol. The van der Waals surface area contributed by atoms with Gasteiger partial charge in [-0.05, 0) is 61.1 Å². The molecule has 1 aliphatic heterocycles. The Hall–Kier alpha value is -1.84. The first-order valence-electron chi connectivity index (χ1n) is 10.9. The van der Waals surface area contributed by atoms with Crippen molar-refractivity contribution in [2.75, 3.05) is 51.6 Å². The first-order valence-corrected chi connectivity index (χ1v) is 10.9. The molecule has 0 spiro atoms. The first kappa shape index (κ1) is 20.9. The molecule has 1 N–H and O–H groups in total. The number of aryl methyl sites for hydroxylation is 1. The van der Waals surface area contributed by atoms with Crippen LogP contribution in [0.2, 0.25) is 0 Å². The van der Waals surface area contributed by atoms with Crippen LogP contribution in [0.5, 0.6) is 0 Å². The zero-order valence-corrected chi connectivity index (χ0v) is 18.2. The smallest absolute Gasteiger partial charge is 0.0376 e. The molecule has 1 fully saturated rings. The van der Waals surface area contributed by atoms with Gasteiger partial charge in [0, 0.05) is 45.0 Å². The lowest BCUT2D eigenvalue weighted by Crippen LogP contribution is -2.45. The molecule has 3 heteroatoms. The number of anilines is 1. The van der Waals surface area contributed by atoms with Crippen LogP contribution in [0.1, 0.15) is 31.4 Å². The molecule has 0 radical (unpaired) electrons. The molecule has 1 saturated heterocycles. The van der Waals surface area contributed by atoms with E-state index in [1.54, 1.807) is 0 Å². The lowest BCUT2D eigenvalue weighted by atomic mass is 10.0. The van der Waals surface area contributed by atoms with Gasteiger partial charge in [-0.3, -0.25) is 0 Å². The Morgan fingerprint density at radius 1 is 0.929 bits per heavy atom. The van der Waals surface area contributed by atoms with E-state index in [0.29, 0.717) is 0 Å². The monoisotopic (exact) mass is 379 g/mol. The number of hydrogen-bond donors (Lipinski definition) is 1. The summed E-state index contributed by atoms with van der Waals surface area (Å²) in [5, 5.41) is 3.62. The van der Waals surface area contributed by atoms with Crippen molar-refractivity contribution in [3.63, 3.8) is 0 Å². The van der Waals surface area contributed by atoms with Gasteiger partial charge in [0.1, 0.15) is 0 Å². The van der Waals surface area contributed by atoms with Gasteiger partial charge >= 0.3 is 0 Å². The number of nitrogens with one attached hydrogen (secondary N) is 1. The second-order valence-corrected chi connectivity index (χ2v) is 8.73. The van der Waals surface area contributed by atoms with Crippen LogP contribution in [0.15, 0.2) is 42.5 Å². The zero-order chi connectivity index (χ0) is 19.9. The van der Waals surface area contributed by atoms with Crippen LogP contribution in [0.25, 0.3) is 11.1 Å². The Morgan fingerprint density at radius 3 is 2.29 bits per heavy atom. The Balaban J connectivity index is 1.58. The summed E-state index contributed by atoms with van der Waals surface area (Å²) >= 11 is 0. The van der Waals surface area contributed by atoms with Gasteiger partial charge in [0.05, 0.1) is 0 Å². The highest BCUT2D eigenvalue weighted by Crippen LogP contribution is 2.26. The Bertz CT molecular complexity index is 728. The number of benzene rings is 2. The van der Waals surface area contributed by atoms with E-state index in [1.807, 2.05) is 0 Å². The van der Waals surface area contributed by atoms with Gasteiger partial charge in [-0.15, -0.1) is 0 Å². The van der Waals surface area contributed by atoms with Crippen molar-refractivity contribution in [3.8, 4) is 11.1 Å². The molecule has 152 valence electrons. The molecule has 28 heavy (non-hydrogen) atoms. The lowest BCUT2D eigenvalue weighted by Gasteiger charge is -2.32. The summed E-state index contributed by atoms with van der Waals surface area (Å²) in [5.74, 6) is 0.731. The van der Waals surface area contributed by atoms with Gasteiger partial charge in [-0.1, -0.05) is 50.2 Å². The number of nitrogens with zero attached hydrogens (tertiary/aromatic N) is 2. The van der Waals surface area contributed by atoms with Crippen LogP contribution in [-0.2, 0) is 6.42 Å². The highest BCUT2D eigenvalue weighted by molar-refractivity contribution is 5.70. The molecule has 1 heterocycles. The highest BCUT2D eigenvalue weighted by atomic mass is 15.2. The van der Waals surface area contributed by atoms with Gasteiger partial charge in [-0.25, -0.2) is 0 Å². The molecule has 2 aromatic rings. The first-order chi connectivity index (χ1) is 13.5. The summed E-state index contributed by atoms with van der Waals surface area (Å²) in [6.45, 7) is 13.7. The predicted octanol–water partition coefficient (Wildman–Crippen LogP) is 4.91. The van der Waals surface area contributed by atoms with Crippen LogP contribution in [0, 0.1) is 12.8 Å². The average Bonchev–Trinajstić information content (AvgIpc) is 2.69. The van der Waals surface area contributed by atoms with E-state index in [4.69, 9.17) is 0 Å². The minimum Gasteiger partial charge on any atom is -0.385 e. The Morgan fingerprint density at radius 2 is 1.61 bits per heavy atom. The molecule has 2 aromatic carbocycles. The van der Waals surface area contributed by atoms with Crippen LogP contribution in [0.4, 0.5) is 5.69 Å². The zero-order valence-electron chi connectivity index (χ0n) is 18.2. The molecule has 0 aliphatic carbocycles. The van der Waals surface area contributed by atoms with Gasteiger partial charge in [0.15, 0.2) is 0 Å². The maximum atomic E-state index is 3.62. The van der Waals surface area contributed by atoms with Gasteiger partial charge in [0.2, 0.25) is 0 Å². The minimum atomic E-state index is 0.731. The molecule has 3 nitrogen and oxygen atoms in total. The maximum absolute atomic E-state index is 3.62. The summed E-state index contributed by atoms with van der Waals surface area (Å²) < 4.78 is 0. The number of hydrogen-bond acceptors (Lipinski definition) is 3. The summed E-state index contributed by atoms with van der Waals surface area (Å²) in [7, 11) is 2.21. The summed E-state index contributed by atoms with van der Waals surface area (Å²) in [5.41, 5.74) is 6.61. The molecule has 1 aliphatic rings. The van der Waals surface area contributed by atoms with Crippen LogP contribution in [0.3, 0.4) is 0 Å². The molecule has 0 atom stereocenters. The number of likely N-dealkylation sites (N-methyl/N-ethyl adjacent to an activating group) is 1. The predicted molar refractivity (Wildman–Crippen MR) is 122 cm³/mol. The van der Waals surface area contributed by atoms with E-state index in [2.05, 4.69) is 85.4 Å². The fourth-order valence-electron chi connectivity index (χ4n) is 3.71. The summed E-state index contributed by atoms with van der Waals surface area (Å²) in [6.07, 6.45) is 2.34. The molecule has 0 amide bonds. The number of piperazine rings is 1. The Kier molecular flexibility index (Phi) is 7.52. The van der Waals surface area contributed by atoms with Gasteiger partial charge in [0.25, 0.3) is 0 Å². The standard InChI is InChI=1S/C25H37N3/c1-20(2)11-13-26-25-19-24(8-5-21(25)3)23-9-6-22(7-10-23)12-14-28-17-15-27(4)16-18-28/h5-10,19-20,26H,11-18H2,1-4H3. The van der Waals surface area contributed by atoms with E-state index in [1.165, 1.54) is 67.1 Å². The molecule has 0 unspecified atom stereocenters. The number of rotatable bonds is 8. The van der Waals surface area contributed by atoms with Crippen molar-refractivity contribution >= 4 is 5.69 Å². The Labute approximate surface area is 171 Å². The summed E-state index contributed by atoms with van der Waals surface area (Å²) in [4.78, 5) is 5.00. The van der Waals surface area contributed by atoms with E-state index >= 15 is 0 Å². The topological polar surface area (TPSA) is 18.5 Å². The van der Waals surface area contributed by atoms with E-state index < -0.39 is 0 Å². The highest BCUT2D eigenvalue weighted by Gasteiger charge is 2.13. The second-order valence-electron chi connectivity index (χ2n) is 8.73. The average molecular weight is 380 g/mol. The van der Waals surface area contributed by atoms with Crippen LogP contribution >= 0.6 is 0 Å². The van der Waals surface area contributed by atoms with Crippen molar-refractivity contribution in [2.45, 2.75) is 33.6 Å². The molecular formula is C25H37N3. The molecule has 0 aromatic heterocycles. The minimum absolute atomic E-state index is 0.731. The van der Waals surface area contributed by atoms with Gasteiger partial charge in [-0.2, -0.15) is 0 Å². The normalized spacial score (nSPS) is 15.9. The van der Waals surface area contributed by atoms with Crippen molar-refractivity contribution in [1.29, 1.82) is 0 Å². The SMILES string of the molecule is Cc1ccc(-c2ccc(CCN3CCN(C)CC3)cc2)cc1NCCC(C)C. The fourth-order valence-corrected chi connectivity index (χ4v) is 3.71. The van der Waals surface area contributed by atoms with E-state index in [0.717, 1.165) is 18.9 Å². The van der Waals surface area contributed by atoms with Crippen molar-refractivity contribution in [2.24, 2.45) is 5.92 Å². The van der Waals surface area contributed by atoms with Crippen molar-refractivity contribution in [1.82, 2.24) is 9.80 Å². The van der Waals surface area contributed by atoms with Crippen LogP contribution in [-0.4, -0.2) is 56.1 Å². The van der Waals surface area contributed by atoms with Crippen molar-refractivity contribution in [3.05, 3.63) is 53.6 Å². The lowest BCUT2D eigenvalue weighted by molar-refractivity contribution is 0.155. The molecule has 0 saturated carbocycles. The van der Waals surface area contributed by atoms with E-state index in [-0.39, 0.29) is 0 Å². The second kappa shape index (κ2) is 10.1.